The topological polar surface area (TPSA) is 76.5 Å². The van der Waals surface area contributed by atoms with Crippen molar-refractivity contribution < 1.29 is 14.3 Å². The van der Waals surface area contributed by atoms with E-state index in [1.165, 1.54) is 0 Å². The maximum Gasteiger partial charge on any atom is 0.245 e. The van der Waals surface area contributed by atoms with Gasteiger partial charge in [0.05, 0.1) is 11.0 Å². The van der Waals surface area contributed by atoms with E-state index in [9.17, 15) is 9.59 Å². The Morgan fingerprint density at radius 1 is 1.27 bits per heavy atom. The molecule has 1 aromatic heterocycles. The molecule has 2 aliphatic rings. The number of amides is 2. The van der Waals surface area contributed by atoms with Gasteiger partial charge >= 0.3 is 0 Å². The fourth-order valence-electron chi connectivity index (χ4n) is 3.97. The van der Waals surface area contributed by atoms with Crippen LogP contribution in [0.15, 0.2) is 24.3 Å². The molecule has 138 valence electrons. The maximum absolute atomic E-state index is 12.7. The van der Waals surface area contributed by atoms with E-state index in [2.05, 4.69) is 10.3 Å². The smallest absolute Gasteiger partial charge is 0.245 e. The van der Waals surface area contributed by atoms with Gasteiger partial charge < -0.3 is 19.5 Å². The molecule has 7 heteroatoms. The minimum absolute atomic E-state index is 0.0393. The zero-order valence-corrected chi connectivity index (χ0v) is 15.0. The summed E-state index contributed by atoms with van der Waals surface area (Å²) in [6, 6.07) is 7.59. The zero-order valence-electron chi connectivity index (χ0n) is 15.0. The van der Waals surface area contributed by atoms with Crippen LogP contribution in [-0.4, -0.2) is 58.1 Å². The summed E-state index contributed by atoms with van der Waals surface area (Å²) < 4.78 is 7.26. The second-order valence-corrected chi connectivity index (χ2v) is 7.02. The molecule has 2 aromatic rings. The van der Waals surface area contributed by atoms with Gasteiger partial charge in [0.15, 0.2) is 0 Å². The van der Waals surface area contributed by atoms with Crippen molar-refractivity contribution in [2.45, 2.75) is 44.8 Å². The molecule has 1 aromatic carbocycles. The number of aromatic nitrogens is 2. The van der Waals surface area contributed by atoms with Crippen LogP contribution in [0.3, 0.4) is 0 Å². The third-order valence-electron chi connectivity index (χ3n) is 5.35. The molecule has 26 heavy (non-hydrogen) atoms. The molecule has 0 bridgehead atoms. The van der Waals surface area contributed by atoms with Crippen LogP contribution in [0.5, 0.6) is 0 Å². The van der Waals surface area contributed by atoms with Crippen LogP contribution in [0.25, 0.3) is 11.0 Å². The number of hydrogen-bond acceptors (Lipinski definition) is 4. The van der Waals surface area contributed by atoms with Crippen molar-refractivity contribution in [3.63, 3.8) is 0 Å². The second kappa shape index (κ2) is 7.07. The van der Waals surface area contributed by atoms with Crippen LogP contribution in [0.2, 0.25) is 0 Å². The molecule has 2 amide bonds. The lowest BCUT2D eigenvalue weighted by Crippen LogP contribution is -2.46. The number of para-hydroxylation sites is 2. The maximum atomic E-state index is 12.7. The van der Waals surface area contributed by atoms with Crippen molar-refractivity contribution in [3.8, 4) is 0 Å². The normalized spacial score (nSPS) is 21.5. The highest BCUT2D eigenvalue weighted by Gasteiger charge is 2.37. The van der Waals surface area contributed by atoms with Crippen molar-refractivity contribution in [2.75, 3.05) is 19.8 Å². The summed E-state index contributed by atoms with van der Waals surface area (Å²) in [6.45, 7) is 4.19. The third-order valence-corrected chi connectivity index (χ3v) is 5.35. The van der Waals surface area contributed by atoms with Crippen LogP contribution in [0, 0.1) is 6.92 Å². The number of fused-ring (bicyclic) bond motifs is 1. The molecular weight excluding hydrogens is 332 g/mol. The van der Waals surface area contributed by atoms with Crippen LogP contribution < -0.4 is 5.32 Å². The summed E-state index contributed by atoms with van der Waals surface area (Å²) in [5.41, 5.74) is 1.81. The number of carbonyl (C=O) groups is 2. The lowest BCUT2D eigenvalue weighted by molar-refractivity contribution is -0.135. The predicted octanol–water partition coefficient (Wildman–Crippen LogP) is 1.24. The largest absolute Gasteiger partial charge is 0.381 e. The molecule has 0 aliphatic carbocycles. The van der Waals surface area contributed by atoms with E-state index in [-0.39, 0.29) is 24.4 Å². The Balaban J connectivity index is 1.40. The van der Waals surface area contributed by atoms with Gasteiger partial charge in [0, 0.05) is 25.8 Å². The first kappa shape index (κ1) is 17.0. The van der Waals surface area contributed by atoms with Crippen molar-refractivity contribution in [3.05, 3.63) is 30.1 Å². The number of imidazole rings is 1. The van der Waals surface area contributed by atoms with Gasteiger partial charge in [-0.3, -0.25) is 9.59 Å². The molecule has 0 spiro atoms. The molecule has 2 saturated heterocycles. The molecule has 0 radical (unpaired) electrons. The van der Waals surface area contributed by atoms with Crippen molar-refractivity contribution >= 4 is 22.8 Å². The van der Waals surface area contributed by atoms with Gasteiger partial charge in [-0.15, -0.1) is 0 Å². The van der Waals surface area contributed by atoms with Gasteiger partial charge in [0.1, 0.15) is 18.4 Å². The summed E-state index contributed by atoms with van der Waals surface area (Å²) in [5, 5.41) is 2.92. The standard InChI is InChI=1S/C19H24N4O3/c1-13-20-15-4-2-3-5-17(15)23(13)12-18(24)21-16-6-9-22(19(16)25)14-7-10-26-11-8-14/h2-5,14,16H,6-12H2,1H3,(H,21,24). The van der Waals surface area contributed by atoms with Crippen LogP contribution in [0.1, 0.15) is 25.1 Å². The molecule has 1 unspecified atom stereocenters. The SMILES string of the molecule is Cc1nc2ccccc2n1CC(=O)NC1CCN(C2CCOCC2)C1=O. The lowest BCUT2D eigenvalue weighted by Gasteiger charge is -2.31. The van der Waals surface area contributed by atoms with E-state index in [0.717, 1.165) is 29.7 Å². The summed E-state index contributed by atoms with van der Waals surface area (Å²) in [4.78, 5) is 31.6. The number of carbonyl (C=O) groups excluding carboxylic acids is 2. The van der Waals surface area contributed by atoms with E-state index in [1.807, 2.05) is 40.7 Å². The van der Waals surface area contributed by atoms with Gasteiger partial charge in [-0.25, -0.2) is 4.98 Å². The average molecular weight is 356 g/mol. The first-order chi connectivity index (χ1) is 12.6. The molecule has 1 atom stereocenters. The number of nitrogens with one attached hydrogen (secondary N) is 1. The summed E-state index contributed by atoms with van der Waals surface area (Å²) in [7, 11) is 0. The Morgan fingerprint density at radius 3 is 2.85 bits per heavy atom. The van der Waals surface area contributed by atoms with Gasteiger partial charge in [0.2, 0.25) is 11.8 Å². The van der Waals surface area contributed by atoms with Gasteiger partial charge in [-0.2, -0.15) is 0 Å². The number of hydrogen-bond donors (Lipinski definition) is 1. The fraction of sp³-hybridized carbons (Fsp3) is 0.526. The minimum Gasteiger partial charge on any atom is -0.381 e. The zero-order chi connectivity index (χ0) is 18.1. The number of likely N-dealkylation sites (tertiary alicyclic amines) is 1. The molecule has 4 rings (SSSR count). The third kappa shape index (κ3) is 3.19. The summed E-state index contributed by atoms with van der Waals surface area (Å²) in [5.74, 6) is 0.684. The van der Waals surface area contributed by atoms with E-state index in [0.29, 0.717) is 26.2 Å². The Hall–Kier alpha value is -2.41. The average Bonchev–Trinajstić information content (AvgIpc) is 3.16. The van der Waals surface area contributed by atoms with Crippen LogP contribution >= 0.6 is 0 Å². The predicted molar refractivity (Wildman–Crippen MR) is 96.6 cm³/mol. The summed E-state index contributed by atoms with van der Waals surface area (Å²) >= 11 is 0. The number of ether oxygens (including phenoxy) is 1. The quantitative estimate of drug-likeness (QED) is 0.894. The minimum atomic E-state index is -0.416. The number of rotatable bonds is 4. The number of nitrogens with zero attached hydrogens (tertiary/aromatic N) is 3. The van der Waals surface area contributed by atoms with E-state index in [4.69, 9.17) is 4.74 Å². The van der Waals surface area contributed by atoms with Crippen molar-refractivity contribution in [1.82, 2.24) is 19.8 Å². The highest BCUT2D eigenvalue weighted by Crippen LogP contribution is 2.21. The molecule has 0 saturated carbocycles. The highest BCUT2D eigenvalue weighted by atomic mass is 16.5. The van der Waals surface area contributed by atoms with Crippen molar-refractivity contribution in [2.24, 2.45) is 0 Å². The molecule has 2 fully saturated rings. The first-order valence-electron chi connectivity index (χ1n) is 9.23. The summed E-state index contributed by atoms with van der Waals surface area (Å²) in [6.07, 6.45) is 2.44. The van der Waals surface area contributed by atoms with Crippen LogP contribution in [-0.2, 0) is 20.9 Å². The highest BCUT2D eigenvalue weighted by molar-refractivity contribution is 5.90. The Labute approximate surface area is 152 Å². The van der Waals surface area contributed by atoms with Gasteiger partial charge in [0.25, 0.3) is 0 Å². The molecule has 1 N–H and O–H groups in total. The van der Waals surface area contributed by atoms with Gasteiger partial charge in [-0.1, -0.05) is 12.1 Å². The lowest BCUT2D eigenvalue weighted by atomic mass is 10.1. The number of aryl methyl sites for hydroxylation is 1. The van der Waals surface area contributed by atoms with Crippen LogP contribution in [0.4, 0.5) is 0 Å². The molecule has 3 heterocycles. The Morgan fingerprint density at radius 2 is 2.04 bits per heavy atom. The molecular formula is C19H24N4O3. The van der Waals surface area contributed by atoms with E-state index >= 15 is 0 Å². The first-order valence-corrected chi connectivity index (χ1v) is 9.23. The number of benzene rings is 1. The van der Waals surface area contributed by atoms with E-state index in [1.54, 1.807) is 0 Å². The van der Waals surface area contributed by atoms with Crippen molar-refractivity contribution in [1.29, 1.82) is 0 Å². The Bertz CT molecular complexity index is 825. The monoisotopic (exact) mass is 356 g/mol. The molecule has 2 aliphatic heterocycles. The second-order valence-electron chi connectivity index (χ2n) is 7.02. The van der Waals surface area contributed by atoms with E-state index < -0.39 is 6.04 Å². The van der Waals surface area contributed by atoms with Gasteiger partial charge in [-0.05, 0) is 38.3 Å². The Kier molecular flexibility index (Phi) is 4.63. The fourth-order valence-corrected chi connectivity index (χ4v) is 3.97. The molecule has 7 nitrogen and oxygen atoms in total.